The zero-order chi connectivity index (χ0) is 66.0. The van der Waals surface area contributed by atoms with Gasteiger partial charge in [-0.05, 0) is 154 Å². The summed E-state index contributed by atoms with van der Waals surface area (Å²) in [6.45, 7) is 42.6. The third-order valence-electron chi connectivity index (χ3n) is 17.1. The van der Waals surface area contributed by atoms with E-state index in [4.69, 9.17) is 0 Å². The van der Waals surface area contributed by atoms with Gasteiger partial charge in [0.05, 0.1) is 10.8 Å². The highest BCUT2D eigenvalue weighted by atomic mass is 15.1. The van der Waals surface area contributed by atoms with Gasteiger partial charge in [-0.3, -0.25) is 4.90 Å². The molecule has 2 spiro atoms. The summed E-state index contributed by atoms with van der Waals surface area (Å²) in [6, 6.07) is 86.5. The summed E-state index contributed by atoms with van der Waals surface area (Å²) < 4.78 is 0. The number of hydrogen-bond donors (Lipinski definition) is 0. The number of nitrogens with zero attached hydrogens (tertiary/aromatic N) is 1. The lowest BCUT2D eigenvalue weighted by Crippen LogP contribution is -2.35. The minimum absolute atomic E-state index is 0.382. The summed E-state index contributed by atoms with van der Waals surface area (Å²) in [4.78, 5) is 2.75. The summed E-state index contributed by atoms with van der Waals surface area (Å²) >= 11 is 0. The monoisotopic (exact) mass is 1190 g/mol. The lowest BCUT2D eigenvalue weighted by molar-refractivity contribution is 0.260. The molecule has 10 aromatic carbocycles. The second kappa shape index (κ2) is 36.1. The van der Waals surface area contributed by atoms with Crippen LogP contribution in [0.5, 0.6) is 0 Å². The van der Waals surface area contributed by atoms with Crippen LogP contribution in [0.15, 0.2) is 224 Å². The van der Waals surface area contributed by atoms with Crippen molar-refractivity contribution < 1.29 is 0 Å². The third kappa shape index (κ3) is 13.3. The molecule has 0 unspecified atom stereocenters. The second-order valence-electron chi connectivity index (χ2n) is 20.6. The fraction of sp³-hybridized carbons (Fsp3) is 0.326. The van der Waals surface area contributed by atoms with Crippen molar-refractivity contribution in [2.24, 2.45) is 0 Å². The Kier molecular flexibility index (Phi) is 29.3. The molecule has 0 atom stereocenters. The molecule has 1 nitrogen and oxygen atoms in total. The van der Waals surface area contributed by atoms with E-state index in [1.54, 1.807) is 0 Å². The Hall–Kier alpha value is -7.84. The quantitative estimate of drug-likeness (QED) is 0.154. The normalized spacial score (nSPS) is 12.3. The van der Waals surface area contributed by atoms with Gasteiger partial charge in [0.2, 0.25) is 0 Å². The lowest BCUT2D eigenvalue weighted by atomic mass is 9.61. The first-order chi connectivity index (χ1) is 44.7. The van der Waals surface area contributed by atoms with Crippen molar-refractivity contribution in [3.63, 3.8) is 0 Å². The molecule has 90 heavy (non-hydrogen) atoms. The molecule has 0 heterocycles. The van der Waals surface area contributed by atoms with Crippen LogP contribution >= 0.6 is 0 Å². The SMILES string of the molecule is CC.CC.CC.CC.CC.CC.CC.CC.CC.CC.c1ccc2c(c1)Cc1cccc(CCN(Cc3ccc4c(c3)C3(c5ccccc5C4)c4ccccc4-c4ccccc43)Cc3ccc4c(c3)C3(c5ccccc5C4)c4ccccc4-c4ccccc43)c1-2. The van der Waals surface area contributed by atoms with Gasteiger partial charge in [0.15, 0.2) is 0 Å². The molecule has 0 N–H and O–H groups in total. The van der Waals surface area contributed by atoms with Crippen LogP contribution in [-0.2, 0) is 49.6 Å². The smallest absolute Gasteiger partial charge is 0.0719 e. The fourth-order valence-corrected chi connectivity index (χ4v) is 14.3. The molecule has 15 rings (SSSR count). The molecule has 10 aromatic rings. The maximum absolute atomic E-state index is 2.75. The highest BCUT2D eigenvalue weighted by molar-refractivity contribution is 5.89. The fourth-order valence-electron chi connectivity index (χ4n) is 14.3. The summed E-state index contributed by atoms with van der Waals surface area (Å²) in [5, 5.41) is 0. The standard InChI is InChI=1S/C69H51N.10C2H6/c1-4-21-54-48(16-1)40-53-20-15-19-47(67(53)54)36-37-70(43-45-32-34-51-41-49-17-2-9-26-59(49)68(65(51)38-45)61-28-11-5-22-55(61)56-23-6-12-29-62(56)68)44-46-33-35-52-42-50-18-3-10-27-60(50)69(66(52)39-46)63-30-13-7-24-57(63)58-25-8-14-31-64(58)69;10*1-2/h1-35,38-39H,36-37,40-44H2;10*1-2H3. The molecule has 0 saturated heterocycles. The Bertz CT molecular complexity index is 3500. The minimum atomic E-state index is -0.382. The molecule has 0 radical (unpaired) electrons. The molecule has 0 aromatic heterocycles. The largest absolute Gasteiger partial charge is 0.295 e. The topological polar surface area (TPSA) is 3.24 Å². The van der Waals surface area contributed by atoms with Crippen LogP contribution in [0.4, 0.5) is 0 Å². The van der Waals surface area contributed by atoms with Gasteiger partial charge in [-0.15, -0.1) is 0 Å². The first kappa shape index (κ1) is 72.9. The number of fused-ring (bicyclic) bond motifs is 21. The second-order valence-corrected chi connectivity index (χ2v) is 20.6. The summed E-state index contributed by atoms with van der Waals surface area (Å²) in [5.41, 5.74) is 31.6. The van der Waals surface area contributed by atoms with Gasteiger partial charge in [-0.1, -0.05) is 363 Å². The number of rotatable bonds is 7. The Labute approximate surface area is 548 Å². The van der Waals surface area contributed by atoms with Crippen LogP contribution in [0.25, 0.3) is 33.4 Å². The van der Waals surface area contributed by atoms with E-state index in [0.29, 0.717) is 0 Å². The van der Waals surface area contributed by atoms with Crippen molar-refractivity contribution in [1.82, 2.24) is 4.90 Å². The molecule has 472 valence electrons. The maximum atomic E-state index is 2.75. The number of hydrogen-bond acceptors (Lipinski definition) is 1. The molecular formula is C89H111N. The van der Waals surface area contributed by atoms with Crippen LogP contribution in [-0.4, -0.2) is 11.4 Å². The maximum Gasteiger partial charge on any atom is 0.0719 e. The van der Waals surface area contributed by atoms with Gasteiger partial charge in [-0.2, -0.15) is 0 Å². The zero-order valence-electron chi connectivity index (χ0n) is 59.3. The summed E-state index contributed by atoms with van der Waals surface area (Å²) in [7, 11) is 0. The summed E-state index contributed by atoms with van der Waals surface area (Å²) in [6.07, 6.45) is 3.87. The molecule has 0 aliphatic heterocycles. The van der Waals surface area contributed by atoms with Crippen molar-refractivity contribution in [2.75, 3.05) is 6.54 Å². The third-order valence-corrected chi connectivity index (χ3v) is 17.1. The molecule has 0 fully saturated rings. The van der Waals surface area contributed by atoms with Crippen molar-refractivity contribution in [3.8, 4) is 33.4 Å². The zero-order valence-corrected chi connectivity index (χ0v) is 59.3. The van der Waals surface area contributed by atoms with Crippen LogP contribution in [0, 0.1) is 0 Å². The van der Waals surface area contributed by atoms with E-state index >= 15 is 0 Å². The highest BCUT2D eigenvalue weighted by Gasteiger charge is 2.51. The van der Waals surface area contributed by atoms with Crippen molar-refractivity contribution in [2.45, 2.75) is 188 Å². The van der Waals surface area contributed by atoms with Crippen molar-refractivity contribution in [3.05, 3.63) is 319 Å². The van der Waals surface area contributed by atoms with E-state index in [1.807, 2.05) is 138 Å². The van der Waals surface area contributed by atoms with E-state index in [-0.39, 0.29) is 10.8 Å². The van der Waals surface area contributed by atoms with Crippen LogP contribution in [0.3, 0.4) is 0 Å². The average molecular weight is 1190 g/mol. The molecule has 5 aliphatic carbocycles. The van der Waals surface area contributed by atoms with Gasteiger partial charge < -0.3 is 0 Å². The molecule has 0 bridgehead atoms. The van der Waals surface area contributed by atoms with Crippen LogP contribution in [0.2, 0.25) is 0 Å². The predicted octanol–water partition coefficient (Wildman–Crippen LogP) is 25.3. The predicted molar refractivity (Wildman–Crippen MR) is 399 cm³/mol. The Morgan fingerprint density at radius 2 is 0.544 bits per heavy atom. The van der Waals surface area contributed by atoms with Gasteiger partial charge in [-0.25, -0.2) is 0 Å². The molecule has 5 aliphatic rings. The van der Waals surface area contributed by atoms with Gasteiger partial charge >= 0.3 is 0 Å². The van der Waals surface area contributed by atoms with E-state index < -0.39 is 0 Å². The molecular weight excluding hydrogens is 1080 g/mol. The van der Waals surface area contributed by atoms with E-state index in [1.165, 1.54) is 128 Å². The lowest BCUT2D eigenvalue weighted by Gasteiger charge is -2.41. The van der Waals surface area contributed by atoms with E-state index in [0.717, 1.165) is 45.3 Å². The van der Waals surface area contributed by atoms with Gasteiger partial charge in [0.25, 0.3) is 0 Å². The van der Waals surface area contributed by atoms with Crippen LogP contribution in [0.1, 0.15) is 233 Å². The molecule has 0 amide bonds. The summed E-state index contributed by atoms with van der Waals surface area (Å²) in [5.74, 6) is 0. The first-order valence-electron chi connectivity index (χ1n) is 35.4. The van der Waals surface area contributed by atoms with Gasteiger partial charge in [0.1, 0.15) is 0 Å². The Balaban J connectivity index is 0.000000676. The number of benzene rings is 10. The Morgan fingerprint density at radius 1 is 0.256 bits per heavy atom. The average Bonchev–Trinajstić information content (AvgIpc) is 1.49. The molecule has 1 heteroatoms. The van der Waals surface area contributed by atoms with Crippen molar-refractivity contribution >= 4 is 0 Å². The van der Waals surface area contributed by atoms with E-state index in [9.17, 15) is 0 Å². The van der Waals surface area contributed by atoms with Crippen molar-refractivity contribution in [1.29, 1.82) is 0 Å². The first-order valence-corrected chi connectivity index (χ1v) is 35.4. The van der Waals surface area contributed by atoms with Crippen LogP contribution < -0.4 is 0 Å². The Morgan fingerprint density at radius 3 is 0.922 bits per heavy atom. The molecule has 0 saturated carbocycles. The minimum Gasteiger partial charge on any atom is -0.295 e. The van der Waals surface area contributed by atoms with Gasteiger partial charge in [0, 0.05) is 19.6 Å². The highest BCUT2D eigenvalue weighted by Crippen LogP contribution is 2.61. The van der Waals surface area contributed by atoms with E-state index in [2.05, 4.69) is 229 Å².